The van der Waals surface area contributed by atoms with E-state index in [1.54, 1.807) is 11.8 Å². The van der Waals surface area contributed by atoms with Crippen LogP contribution < -0.4 is 0 Å². The fraction of sp³-hybridized carbons (Fsp3) is 0.364. The minimum absolute atomic E-state index is 0.283. The Kier molecular flexibility index (Phi) is 2.40. The molecule has 0 spiro atoms. The van der Waals surface area contributed by atoms with Crippen LogP contribution in [0.1, 0.15) is 34.5 Å². The van der Waals surface area contributed by atoms with Gasteiger partial charge in [-0.2, -0.15) is 0 Å². The van der Waals surface area contributed by atoms with Crippen LogP contribution in [0.4, 0.5) is 0 Å². The highest BCUT2D eigenvalue weighted by Gasteiger charge is 2.23. The summed E-state index contributed by atoms with van der Waals surface area (Å²) in [5, 5.41) is 0.522. The van der Waals surface area contributed by atoms with E-state index in [1.165, 1.54) is 5.56 Å². The Morgan fingerprint density at radius 3 is 3.00 bits per heavy atom. The van der Waals surface area contributed by atoms with Gasteiger partial charge in [0.25, 0.3) is 0 Å². The normalized spacial score (nSPS) is 21.3. The predicted octanol–water partition coefficient (Wildman–Crippen LogP) is 3.07. The monoisotopic (exact) mass is 192 g/mol. The maximum absolute atomic E-state index is 11.5. The smallest absolute Gasteiger partial charge is 0.173 e. The number of rotatable bonds is 1. The quantitative estimate of drug-likeness (QED) is 0.680. The van der Waals surface area contributed by atoms with Crippen LogP contribution in [0.25, 0.3) is 0 Å². The van der Waals surface area contributed by atoms with Crippen LogP contribution >= 0.6 is 11.8 Å². The lowest BCUT2D eigenvalue weighted by Crippen LogP contribution is -2.14. The number of benzene rings is 1. The third-order valence-corrected chi connectivity index (χ3v) is 3.81. The number of thioether (sulfide) groups is 1. The maximum Gasteiger partial charge on any atom is 0.173 e. The third-order valence-electron chi connectivity index (χ3n) is 2.39. The molecule has 1 atom stereocenters. The predicted molar refractivity (Wildman–Crippen MR) is 56.3 cm³/mol. The molecular formula is C11H12OS. The maximum atomic E-state index is 11.5. The van der Waals surface area contributed by atoms with Crippen LogP contribution in [0.3, 0.4) is 0 Å². The Labute approximate surface area is 82.5 Å². The molecular weight excluding hydrogens is 180 g/mol. The highest BCUT2D eigenvalue weighted by atomic mass is 32.2. The van der Waals surface area contributed by atoms with Gasteiger partial charge in [0.05, 0.1) is 5.75 Å². The number of hydrogen-bond acceptors (Lipinski definition) is 2. The van der Waals surface area contributed by atoms with Gasteiger partial charge in [0.2, 0.25) is 0 Å². The summed E-state index contributed by atoms with van der Waals surface area (Å²) in [5.74, 6) is 0.931. The van der Waals surface area contributed by atoms with Crippen molar-refractivity contribution < 1.29 is 4.79 Å². The molecule has 1 aliphatic rings. The zero-order valence-electron chi connectivity index (χ0n) is 7.62. The molecule has 2 rings (SSSR count). The van der Waals surface area contributed by atoms with Crippen LogP contribution in [0.5, 0.6) is 0 Å². The molecule has 0 N–H and O–H groups in total. The molecule has 0 saturated carbocycles. The fourth-order valence-corrected chi connectivity index (χ4v) is 2.84. The first-order valence-electron chi connectivity index (χ1n) is 4.56. The van der Waals surface area contributed by atoms with E-state index in [1.807, 2.05) is 18.2 Å². The van der Waals surface area contributed by atoms with Crippen LogP contribution in [0, 0.1) is 0 Å². The van der Waals surface area contributed by atoms with Crippen molar-refractivity contribution in [1.29, 1.82) is 0 Å². The van der Waals surface area contributed by atoms with Gasteiger partial charge in [-0.15, -0.1) is 11.8 Å². The zero-order valence-corrected chi connectivity index (χ0v) is 8.43. The molecule has 0 aliphatic carbocycles. The number of fused-ring (bicyclic) bond motifs is 1. The lowest BCUT2D eigenvalue weighted by molar-refractivity contribution is 0.102. The summed E-state index contributed by atoms with van der Waals surface area (Å²) in [7, 11) is 0. The second-order valence-electron chi connectivity index (χ2n) is 3.22. The van der Waals surface area contributed by atoms with Gasteiger partial charge in [0.15, 0.2) is 5.78 Å². The molecule has 1 aliphatic heterocycles. The van der Waals surface area contributed by atoms with E-state index in [0.717, 1.165) is 12.0 Å². The van der Waals surface area contributed by atoms with Crippen molar-refractivity contribution in [3.05, 3.63) is 35.4 Å². The van der Waals surface area contributed by atoms with Gasteiger partial charge >= 0.3 is 0 Å². The standard InChI is InChI=1S/C11H12OS/c1-2-11-9-6-4-3-5-8(9)10(12)7-13-11/h3-6,11H,2,7H2,1H3. The third kappa shape index (κ3) is 1.51. The zero-order chi connectivity index (χ0) is 9.26. The Hall–Kier alpha value is -0.760. The van der Waals surface area contributed by atoms with E-state index in [9.17, 15) is 4.79 Å². The summed E-state index contributed by atoms with van der Waals surface area (Å²) >= 11 is 1.76. The topological polar surface area (TPSA) is 17.1 Å². The minimum Gasteiger partial charge on any atom is -0.293 e. The molecule has 0 fully saturated rings. The van der Waals surface area contributed by atoms with Crippen LogP contribution in [-0.2, 0) is 0 Å². The Morgan fingerprint density at radius 1 is 1.46 bits per heavy atom. The minimum atomic E-state index is 0.283. The van der Waals surface area contributed by atoms with Gasteiger partial charge in [-0.1, -0.05) is 31.2 Å². The van der Waals surface area contributed by atoms with E-state index >= 15 is 0 Å². The van der Waals surface area contributed by atoms with Crippen molar-refractivity contribution >= 4 is 17.5 Å². The SMILES string of the molecule is CCC1SCC(=O)c2ccccc21. The van der Waals surface area contributed by atoms with Gasteiger partial charge < -0.3 is 0 Å². The number of hydrogen-bond donors (Lipinski definition) is 0. The lowest BCUT2D eigenvalue weighted by atomic mass is 10.00. The summed E-state index contributed by atoms with van der Waals surface area (Å²) in [5.41, 5.74) is 2.17. The van der Waals surface area contributed by atoms with Crippen molar-refractivity contribution in [1.82, 2.24) is 0 Å². The average Bonchev–Trinajstić information content (AvgIpc) is 2.19. The summed E-state index contributed by atoms with van der Waals surface area (Å²) in [6.45, 7) is 2.17. The van der Waals surface area contributed by atoms with Gasteiger partial charge in [-0.3, -0.25) is 4.79 Å². The highest BCUT2D eigenvalue weighted by Crippen LogP contribution is 2.38. The Balaban J connectivity index is 2.47. The number of ketones is 1. The summed E-state index contributed by atoms with van der Waals surface area (Å²) in [4.78, 5) is 11.5. The largest absolute Gasteiger partial charge is 0.293 e. The van der Waals surface area contributed by atoms with Crippen LogP contribution in [-0.4, -0.2) is 11.5 Å². The van der Waals surface area contributed by atoms with E-state index < -0.39 is 0 Å². The number of carbonyl (C=O) groups excluding carboxylic acids is 1. The van der Waals surface area contributed by atoms with Crippen molar-refractivity contribution in [2.75, 3.05) is 5.75 Å². The van der Waals surface area contributed by atoms with Gasteiger partial charge in [0, 0.05) is 10.8 Å². The second kappa shape index (κ2) is 3.54. The first-order valence-corrected chi connectivity index (χ1v) is 5.61. The first kappa shape index (κ1) is 8.82. The molecule has 1 nitrogen and oxygen atoms in total. The molecule has 2 heteroatoms. The lowest BCUT2D eigenvalue weighted by Gasteiger charge is -2.22. The highest BCUT2D eigenvalue weighted by molar-refractivity contribution is 8.00. The Morgan fingerprint density at radius 2 is 2.23 bits per heavy atom. The Bertz CT molecular complexity index is 333. The molecule has 0 bridgehead atoms. The number of carbonyl (C=O) groups is 1. The van der Waals surface area contributed by atoms with Gasteiger partial charge in [-0.05, 0) is 12.0 Å². The molecule has 1 aromatic rings. The van der Waals surface area contributed by atoms with Crippen molar-refractivity contribution in [2.45, 2.75) is 18.6 Å². The summed E-state index contributed by atoms with van der Waals surface area (Å²) in [6, 6.07) is 7.98. The van der Waals surface area contributed by atoms with Crippen LogP contribution in [0.15, 0.2) is 24.3 Å². The van der Waals surface area contributed by atoms with Crippen molar-refractivity contribution in [2.24, 2.45) is 0 Å². The average molecular weight is 192 g/mol. The molecule has 0 saturated heterocycles. The van der Waals surface area contributed by atoms with Gasteiger partial charge in [-0.25, -0.2) is 0 Å². The molecule has 1 aromatic carbocycles. The van der Waals surface area contributed by atoms with E-state index in [2.05, 4.69) is 13.0 Å². The van der Waals surface area contributed by atoms with Crippen molar-refractivity contribution in [3.8, 4) is 0 Å². The molecule has 0 radical (unpaired) electrons. The van der Waals surface area contributed by atoms with E-state index in [-0.39, 0.29) is 5.78 Å². The molecule has 1 unspecified atom stereocenters. The summed E-state index contributed by atoms with van der Waals surface area (Å²) in [6.07, 6.45) is 1.11. The molecule has 0 aromatic heterocycles. The fourth-order valence-electron chi connectivity index (χ4n) is 1.71. The summed E-state index contributed by atoms with van der Waals surface area (Å²) < 4.78 is 0. The molecule has 13 heavy (non-hydrogen) atoms. The van der Waals surface area contributed by atoms with E-state index in [0.29, 0.717) is 11.0 Å². The number of Topliss-reactive ketones (excluding diaryl/α,β-unsaturated/α-hetero) is 1. The van der Waals surface area contributed by atoms with Crippen molar-refractivity contribution in [3.63, 3.8) is 0 Å². The molecule has 68 valence electrons. The van der Waals surface area contributed by atoms with Gasteiger partial charge in [0.1, 0.15) is 0 Å². The molecule has 0 amide bonds. The van der Waals surface area contributed by atoms with Crippen LogP contribution in [0.2, 0.25) is 0 Å². The van der Waals surface area contributed by atoms with E-state index in [4.69, 9.17) is 0 Å². The second-order valence-corrected chi connectivity index (χ2v) is 4.41. The molecule has 1 heterocycles. The first-order chi connectivity index (χ1) is 6.33.